The summed E-state index contributed by atoms with van der Waals surface area (Å²) in [6.45, 7) is 2.52. The number of hydrogen-bond donors (Lipinski definition) is 2. The van der Waals surface area contributed by atoms with Crippen LogP contribution in [-0.4, -0.2) is 38.3 Å². The van der Waals surface area contributed by atoms with Gasteiger partial charge in [-0.1, -0.05) is 6.07 Å². The van der Waals surface area contributed by atoms with Crippen molar-refractivity contribution in [2.75, 3.05) is 26.3 Å². The van der Waals surface area contributed by atoms with Gasteiger partial charge in [-0.3, -0.25) is 4.79 Å². The standard InChI is InChI=1S/C15H22N2O3.ClH/c16-7-3-8-17-15(18)12-4-1-5-13(10-12)20-11-14-6-2-9-19-14;/h1,4-5,10,14H,2-3,6-9,11,16H2,(H,17,18);1H. The first-order chi connectivity index (χ1) is 9.79. The van der Waals surface area contributed by atoms with E-state index >= 15 is 0 Å². The summed E-state index contributed by atoms with van der Waals surface area (Å²) in [5.74, 6) is 0.605. The molecule has 2 rings (SSSR count). The van der Waals surface area contributed by atoms with Gasteiger partial charge in [0.25, 0.3) is 5.91 Å². The number of ether oxygens (including phenoxy) is 2. The average Bonchev–Trinajstić information content (AvgIpc) is 2.99. The van der Waals surface area contributed by atoms with E-state index in [0.29, 0.717) is 31.0 Å². The summed E-state index contributed by atoms with van der Waals surface area (Å²) in [7, 11) is 0. The van der Waals surface area contributed by atoms with Crippen molar-refractivity contribution in [2.24, 2.45) is 5.73 Å². The lowest BCUT2D eigenvalue weighted by Gasteiger charge is -2.12. The average molecular weight is 315 g/mol. The van der Waals surface area contributed by atoms with E-state index in [1.54, 1.807) is 12.1 Å². The van der Waals surface area contributed by atoms with Gasteiger partial charge in [0.05, 0.1) is 6.10 Å². The Labute approximate surface area is 131 Å². The largest absolute Gasteiger partial charge is 0.491 e. The van der Waals surface area contributed by atoms with Crippen LogP contribution >= 0.6 is 12.4 Å². The number of hydrogen-bond acceptors (Lipinski definition) is 4. The van der Waals surface area contributed by atoms with E-state index in [0.717, 1.165) is 25.9 Å². The third-order valence-corrected chi connectivity index (χ3v) is 3.22. The van der Waals surface area contributed by atoms with E-state index in [2.05, 4.69) is 5.32 Å². The van der Waals surface area contributed by atoms with Gasteiger partial charge in [0.1, 0.15) is 12.4 Å². The van der Waals surface area contributed by atoms with Crippen molar-refractivity contribution in [3.63, 3.8) is 0 Å². The maximum atomic E-state index is 11.9. The summed E-state index contributed by atoms with van der Waals surface area (Å²) in [6, 6.07) is 7.21. The molecular weight excluding hydrogens is 292 g/mol. The molecule has 3 N–H and O–H groups in total. The van der Waals surface area contributed by atoms with Crippen molar-refractivity contribution < 1.29 is 14.3 Å². The lowest BCUT2D eigenvalue weighted by molar-refractivity contribution is 0.0679. The first kappa shape index (κ1) is 17.8. The smallest absolute Gasteiger partial charge is 0.251 e. The van der Waals surface area contributed by atoms with Crippen LogP contribution in [0.2, 0.25) is 0 Å². The van der Waals surface area contributed by atoms with Crippen LogP contribution in [0.5, 0.6) is 5.75 Å². The third kappa shape index (κ3) is 5.91. The molecule has 1 aliphatic rings. The van der Waals surface area contributed by atoms with Crippen molar-refractivity contribution >= 4 is 18.3 Å². The lowest BCUT2D eigenvalue weighted by atomic mass is 10.2. The monoisotopic (exact) mass is 314 g/mol. The number of halogens is 1. The fourth-order valence-electron chi connectivity index (χ4n) is 2.10. The molecule has 1 atom stereocenters. The van der Waals surface area contributed by atoms with Crippen molar-refractivity contribution in [1.29, 1.82) is 0 Å². The zero-order chi connectivity index (χ0) is 14.2. The highest BCUT2D eigenvalue weighted by atomic mass is 35.5. The molecule has 6 heteroatoms. The van der Waals surface area contributed by atoms with E-state index in [-0.39, 0.29) is 24.4 Å². The van der Waals surface area contributed by atoms with Gasteiger partial charge in [-0.2, -0.15) is 0 Å². The van der Waals surface area contributed by atoms with E-state index < -0.39 is 0 Å². The first-order valence-electron chi connectivity index (χ1n) is 7.12. The Morgan fingerprint density at radius 3 is 3.05 bits per heavy atom. The Morgan fingerprint density at radius 1 is 1.48 bits per heavy atom. The molecule has 0 radical (unpaired) electrons. The SMILES string of the molecule is Cl.NCCCNC(=O)c1cccc(OCC2CCCO2)c1. The molecule has 1 fully saturated rings. The van der Waals surface area contributed by atoms with Crippen molar-refractivity contribution in [1.82, 2.24) is 5.32 Å². The number of carbonyl (C=O) groups is 1. The van der Waals surface area contributed by atoms with Crippen LogP contribution < -0.4 is 15.8 Å². The molecule has 0 saturated carbocycles. The number of carbonyl (C=O) groups excluding carboxylic acids is 1. The lowest BCUT2D eigenvalue weighted by Crippen LogP contribution is -2.26. The molecule has 1 heterocycles. The molecule has 1 amide bonds. The zero-order valence-electron chi connectivity index (χ0n) is 12.0. The van der Waals surface area contributed by atoms with Gasteiger partial charge < -0.3 is 20.5 Å². The van der Waals surface area contributed by atoms with E-state index in [1.165, 1.54) is 0 Å². The Morgan fingerprint density at radius 2 is 2.33 bits per heavy atom. The second-order valence-electron chi connectivity index (χ2n) is 4.87. The molecule has 1 aromatic rings. The molecule has 0 aromatic heterocycles. The second-order valence-corrected chi connectivity index (χ2v) is 4.87. The molecule has 1 unspecified atom stereocenters. The number of rotatable bonds is 7. The first-order valence-corrected chi connectivity index (χ1v) is 7.12. The molecule has 0 bridgehead atoms. The highest BCUT2D eigenvalue weighted by Crippen LogP contribution is 2.17. The van der Waals surface area contributed by atoms with Crippen LogP contribution in [0.3, 0.4) is 0 Å². The maximum Gasteiger partial charge on any atom is 0.251 e. The van der Waals surface area contributed by atoms with Crippen LogP contribution in [0.25, 0.3) is 0 Å². The van der Waals surface area contributed by atoms with Crippen LogP contribution in [0.1, 0.15) is 29.6 Å². The van der Waals surface area contributed by atoms with Crippen LogP contribution in [0.4, 0.5) is 0 Å². The third-order valence-electron chi connectivity index (χ3n) is 3.22. The predicted octanol–water partition coefficient (Wildman–Crippen LogP) is 1.74. The second kappa shape index (κ2) is 9.60. The fourth-order valence-corrected chi connectivity index (χ4v) is 2.10. The Balaban J connectivity index is 0.00000220. The molecule has 1 aliphatic heterocycles. The molecule has 118 valence electrons. The van der Waals surface area contributed by atoms with E-state index in [4.69, 9.17) is 15.2 Å². The van der Waals surface area contributed by atoms with Gasteiger partial charge in [-0.25, -0.2) is 0 Å². The Kier molecular flexibility index (Phi) is 8.12. The number of nitrogens with two attached hydrogens (primary N) is 1. The van der Waals surface area contributed by atoms with Crippen molar-refractivity contribution in [2.45, 2.75) is 25.4 Å². The van der Waals surface area contributed by atoms with Crippen molar-refractivity contribution in [3.8, 4) is 5.75 Å². The zero-order valence-corrected chi connectivity index (χ0v) is 12.9. The maximum absolute atomic E-state index is 11.9. The summed E-state index contributed by atoms with van der Waals surface area (Å²) < 4.78 is 11.2. The normalized spacial score (nSPS) is 17.1. The molecule has 0 aliphatic carbocycles. The van der Waals surface area contributed by atoms with E-state index in [9.17, 15) is 4.79 Å². The van der Waals surface area contributed by atoms with Gasteiger partial charge in [0.2, 0.25) is 0 Å². The minimum absolute atomic E-state index is 0. The van der Waals surface area contributed by atoms with Crippen LogP contribution in [-0.2, 0) is 4.74 Å². The molecular formula is C15H23ClN2O3. The summed E-state index contributed by atoms with van der Waals surface area (Å²) in [4.78, 5) is 11.9. The summed E-state index contributed by atoms with van der Waals surface area (Å²) >= 11 is 0. The van der Waals surface area contributed by atoms with Crippen LogP contribution in [0.15, 0.2) is 24.3 Å². The van der Waals surface area contributed by atoms with E-state index in [1.807, 2.05) is 12.1 Å². The van der Waals surface area contributed by atoms with Gasteiger partial charge in [0.15, 0.2) is 0 Å². The summed E-state index contributed by atoms with van der Waals surface area (Å²) in [6.07, 6.45) is 3.09. The van der Waals surface area contributed by atoms with Gasteiger partial charge in [-0.15, -0.1) is 12.4 Å². The number of benzene rings is 1. The summed E-state index contributed by atoms with van der Waals surface area (Å²) in [5.41, 5.74) is 6.00. The Hall–Kier alpha value is -1.30. The number of amides is 1. The Bertz CT molecular complexity index is 437. The number of nitrogens with one attached hydrogen (secondary N) is 1. The minimum Gasteiger partial charge on any atom is -0.491 e. The predicted molar refractivity (Wildman–Crippen MR) is 84.2 cm³/mol. The van der Waals surface area contributed by atoms with Crippen molar-refractivity contribution in [3.05, 3.63) is 29.8 Å². The quantitative estimate of drug-likeness (QED) is 0.752. The fraction of sp³-hybridized carbons (Fsp3) is 0.533. The molecule has 21 heavy (non-hydrogen) atoms. The van der Waals surface area contributed by atoms with Gasteiger partial charge >= 0.3 is 0 Å². The van der Waals surface area contributed by atoms with Crippen LogP contribution in [0, 0.1) is 0 Å². The molecule has 5 nitrogen and oxygen atoms in total. The minimum atomic E-state index is -0.0963. The van der Waals surface area contributed by atoms with Gasteiger partial charge in [-0.05, 0) is 44.0 Å². The molecule has 0 spiro atoms. The highest BCUT2D eigenvalue weighted by molar-refractivity contribution is 5.94. The summed E-state index contributed by atoms with van der Waals surface area (Å²) in [5, 5.41) is 2.83. The highest BCUT2D eigenvalue weighted by Gasteiger charge is 2.16. The topological polar surface area (TPSA) is 73.6 Å². The molecule has 1 aromatic carbocycles. The van der Waals surface area contributed by atoms with Gasteiger partial charge in [0, 0.05) is 18.7 Å². The molecule has 1 saturated heterocycles.